The predicted octanol–water partition coefficient (Wildman–Crippen LogP) is 4.78. The number of benzene rings is 2. The molecule has 13 heteroatoms. The van der Waals surface area contributed by atoms with E-state index in [0.29, 0.717) is 25.1 Å². The number of rotatable bonds is 9. The van der Waals surface area contributed by atoms with E-state index >= 15 is 0 Å². The number of hydrogen-bond donors (Lipinski definition) is 1. The highest BCUT2D eigenvalue weighted by atomic mass is 19.4. The molecule has 37 heavy (non-hydrogen) atoms. The molecule has 0 bridgehead atoms. The summed E-state index contributed by atoms with van der Waals surface area (Å²) in [7, 11) is 3.61. The molecule has 202 valence electrons. The fourth-order valence-electron chi connectivity index (χ4n) is 3.91. The van der Waals surface area contributed by atoms with E-state index in [4.69, 9.17) is 4.74 Å². The van der Waals surface area contributed by atoms with Crippen molar-refractivity contribution in [1.82, 2.24) is 15.1 Å². The quantitative estimate of drug-likeness (QED) is 0.371. The first-order valence-corrected chi connectivity index (χ1v) is 11.0. The SMILES string of the molecule is CN(C)CCCN1C(=O)NC(COCc2cc(C(F)(F)F)cc(C(F)(F)F)c2)(c2ccc(F)cc2)C1=O. The van der Waals surface area contributed by atoms with Gasteiger partial charge < -0.3 is 15.0 Å². The first kappa shape index (κ1) is 28.4. The number of carbonyl (C=O) groups excluding carboxylic acids is 2. The van der Waals surface area contributed by atoms with Crippen LogP contribution in [0.1, 0.15) is 28.7 Å². The number of alkyl halides is 6. The van der Waals surface area contributed by atoms with Crippen LogP contribution in [0.4, 0.5) is 35.5 Å². The molecule has 1 unspecified atom stereocenters. The summed E-state index contributed by atoms with van der Waals surface area (Å²) in [4.78, 5) is 28.8. The van der Waals surface area contributed by atoms with Crippen LogP contribution in [0.3, 0.4) is 0 Å². The van der Waals surface area contributed by atoms with Gasteiger partial charge in [-0.05, 0) is 68.5 Å². The first-order valence-electron chi connectivity index (χ1n) is 11.0. The van der Waals surface area contributed by atoms with Crippen LogP contribution in [-0.4, -0.2) is 55.5 Å². The molecule has 3 amide bonds. The van der Waals surface area contributed by atoms with Gasteiger partial charge in [-0.2, -0.15) is 26.3 Å². The molecule has 1 heterocycles. The predicted molar refractivity (Wildman–Crippen MR) is 118 cm³/mol. The lowest BCUT2D eigenvalue weighted by atomic mass is 9.90. The average Bonchev–Trinajstić information content (AvgIpc) is 3.03. The van der Waals surface area contributed by atoms with E-state index in [-0.39, 0.29) is 18.2 Å². The number of imide groups is 1. The summed E-state index contributed by atoms with van der Waals surface area (Å²) in [6.07, 6.45) is -9.63. The summed E-state index contributed by atoms with van der Waals surface area (Å²) < 4.78 is 98.0. The molecular formula is C24H24F7N3O3. The molecule has 2 aromatic rings. The minimum absolute atomic E-state index is 0.00413. The van der Waals surface area contributed by atoms with Gasteiger partial charge in [0.2, 0.25) is 0 Å². The third-order valence-electron chi connectivity index (χ3n) is 5.73. The van der Waals surface area contributed by atoms with Crippen molar-refractivity contribution in [2.45, 2.75) is 30.9 Å². The van der Waals surface area contributed by atoms with Crippen LogP contribution in [0.25, 0.3) is 0 Å². The molecule has 1 N–H and O–H groups in total. The van der Waals surface area contributed by atoms with Crippen molar-refractivity contribution in [3.63, 3.8) is 0 Å². The zero-order valence-electron chi connectivity index (χ0n) is 19.8. The highest BCUT2D eigenvalue weighted by Crippen LogP contribution is 2.37. The standard InChI is InChI=1S/C24H24F7N3O3/c1-33(2)8-3-9-34-20(35)22(32-21(34)36,16-4-6-19(25)7-5-16)14-37-13-15-10-17(23(26,27)28)12-18(11-15)24(29,30)31/h4-7,10-12H,3,8-9,13-14H2,1-2H3,(H,32,36). The number of hydrogen-bond acceptors (Lipinski definition) is 4. The summed E-state index contributed by atoms with van der Waals surface area (Å²) in [6.45, 7) is -0.729. The van der Waals surface area contributed by atoms with Crippen LogP contribution in [0.15, 0.2) is 42.5 Å². The van der Waals surface area contributed by atoms with E-state index in [1.165, 1.54) is 12.1 Å². The fourth-order valence-corrected chi connectivity index (χ4v) is 3.91. The Morgan fingerprint density at radius 3 is 2.03 bits per heavy atom. The van der Waals surface area contributed by atoms with Gasteiger partial charge in [0, 0.05) is 6.54 Å². The van der Waals surface area contributed by atoms with Gasteiger partial charge in [-0.25, -0.2) is 9.18 Å². The van der Waals surface area contributed by atoms with Gasteiger partial charge in [0.05, 0.1) is 24.3 Å². The number of ether oxygens (including phenoxy) is 1. The summed E-state index contributed by atoms with van der Waals surface area (Å²) in [6, 6.07) is 4.86. The lowest BCUT2D eigenvalue weighted by Gasteiger charge is -2.27. The summed E-state index contributed by atoms with van der Waals surface area (Å²) in [5.41, 5.74) is -5.16. The number of halogens is 7. The number of carbonyl (C=O) groups is 2. The molecule has 3 rings (SSSR count). The smallest absolute Gasteiger partial charge is 0.373 e. The van der Waals surface area contributed by atoms with Crippen LogP contribution in [0.2, 0.25) is 0 Å². The van der Waals surface area contributed by atoms with Crippen molar-refractivity contribution in [1.29, 1.82) is 0 Å². The molecule has 0 saturated carbocycles. The van der Waals surface area contributed by atoms with Crippen LogP contribution in [-0.2, 0) is 34.0 Å². The highest BCUT2D eigenvalue weighted by molar-refractivity contribution is 6.07. The van der Waals surface area contributed by atoms with Crippen molar-refractivity contribution in [3.8, 4) is 0 Å². The number of nitrogens with one attached hydrogen (secondary N) is 1. The zero-order chi connectivity index (χ0) is 27.6. The molecule has 1 atom stereocenters. The van der Waals surface area contributed by atoms with Crippen molar-refractivity contribution >= 4 is 11.9 Å². The molecule has 0 aromatic heterocycles. The molecule has 1 saturated heterocycles. The van der Waals surface area contributed by atoms with E-state index in [2.05, 4.69) is 5.32 Å². The maximum Gasteiger partial charge on any atom is 0.416 e. The number of nitrogens with zero attached hydrogens (tertiary/aromatic N) is 2. The van der Waals surface area contributed by atoms with E-state index in [9.17, 15) is 40.3 Å². The van der Waals surface area contributed by atoms with Crippen LogP contribution in [0, 0.1) is 5.82 Å². The molecule has 0 spiro atoms. The Bertz CT molecular complexity index is 1100. The van der Waals surface area contributed by atoms with Gasteiger partial charge in [-0.15, -0.1) is 0 Å². The molecule has 0 radical (unpaired) electrons. The van der Waals surface area contributed by atoms with Gasteiger partial charge in [0.15, 0.2) is 5.54 Å². The fraction of sp³-hybridized carbons (Fsp3) is 0.417. The molecule has 6 nitrogen and oxygen atoms in total. The Labute approximate surface area is 208 Å². The minimum Gasteiger partial charge on any atom is -0.373 e. The van der Waals surface area contributed by atoms with Gasteiger partial charge in [-0.1, -0.05) is 12.1 Å². The summed E-state index contributed by atoms with van der Waals surface area (Å²) >= 11 is 0. The zero-order valence-corrected chi connectivity index (χ0v) is 19.8. The molecular weight excluding hydrogens is 511 g/mol. The Hall–Kier alpha value is -3.19. The number of urea groups is 1. The molecule has 0 aliphatic carbocycles. The summed E-state index contributed by atoms with van der Waals surface area (Å²) in [5, 5.41) is 2.52. The second kappa shape index (κ2) is 10.7. The third-order valence-corrected chi connectivity index (χ3v) is 5.73. The lowest BCUT2D eigenvalue weighted by molar-refractivity contribution is -0.143. The average molecular weight is 535 g/mol. The van der Waals surface area contributed by atoms with E-state index in [1.54, 1.807) is 14.1 Å². The topological polar surface area (TPSA) is 61.9 Å². The maximum atomic E-state index is 13.5. The second-order valence-electron chi connectivity index (χ2n) is 8.86. The Morgan fingerprint density at radius 2 is 1.51 bits per heavy atom. The Kier molecular flexibility index (Phi) is 8.18. The first-order chi connectivity index (χ1) is 17.1. The van der Waals surface area contributed by atoms with Crippen LogP contribution >= 0.6 is 0 Å². The summed E-state index contributed by atoms with van der Waals surface area (Å²) in [5.74, 6) is -1.36. The van der Waals surface area contributed by atoms with Gasteiger partial charge in [0.25, 0.3) is 5.91 Å². The third kappa shape index (κ3) is 6.58. The van der Waals surface area contributed by atoms with Crippen LogP contribution in [0.5, 0.6) is 0 Å². The lowest BCUT2D eigenvalue weighted by Crippen LogP contribution is -2.48. The largest absolute Gasteiger partial charge is 0.416 e. The maximum absolute atomic E-state index is 13.5. The normalized spacial score (nSPS) is 18.6. The second-order valence-corrected chi connectivity index (χ2v) is 8.86. The van der Waals surface area contributed by atoms with Crippen molar-refractivity contribution in [3.05, 3.63) is 70.5 Å². The van der Waals surface area contributed by atoms with E-state index in [0.717, 1.165) is 17.0 Å². The molecule has 1 fully saturated rings. The van der Waals surface area contributed by atoms with Crippen molar-refractivity contribution in [2.75, 3.05) is 33.8 Å². The molecule has 2 aromatic carbocycles. The van der Waals surface area contributed by atoms with Crippen molar-refractivity contribution < 1.29 is 45.1 Å². The van der Waals surface area contributed by atoms with Gasteiger partial charge >= 0.3 is 18.4 Å². The Morgan fingerprint density at radius 1 is 0.946 bits per heavy atom. The van der Waals surface area contributed by atoms with Gasteiger partial charge in [0.1, 0.15) is 5.82 Å². The Balaban J connectivity index is 1.88. The van der Waals surface area contributed by atoms with E-state index in [1.807, 2.05) is 4.90 Å². The van der Waals surface area contributed by atoms with Crippen molar-refractivity contribution in [2.24, 2.45) is 0 Å². The molecule has 1 aliphatic heterocycles. The van der Waals surface area contributed by atoms with E-state index < -0.39 is 65.6 Å². The molecule has 1 aliphatic rings. The van der Waals surface area contributed by atoms with Crippen LogP contribution < -0.4 is 5.32 Å². The monoisotopic (exact) mass is 535 g/mol. The number of amides is 3. The van der Waals surface area contributed by atoms with Gasteiger partial charge in [-0.3, -0.25) is 9.69 Å². The highest BCUT2D eigenvalue weighted by Gasteiger charge is 2.52. The minimum atomic E-state index is -5.03.